The largest absolute Gasteiger partial charge is 0.505 e. The van der Waals surface area contributed by atoms with Crippen LogP contribution in [-0.2, 0) is 4.74 Å². The Labute approximate surface area is 101 Å². The standard InChI is InChI=1S/C11H9ClO3S/c1-2-15-11(14)10-9(13)7-5-6(12)3-4-8(7)16-10/h3-5,13H,2H2,1H3. The lowest BCUT2D eigenvalue weighted by atomic mass is 10.2. The van der Waals surface area contributed by atoms with Gasteiger partial charge in [0.25, 0.3) is 0 Å². The summed E-state index contributed by atoms with van der Waals surface area (Å²) in [4.78, 5) is 11.7. The predicted molar refractivity (Wildman–Crippen MR) is 64.5 cm³/mol. The van der Waals surface area contributed by atoms with Crippen molar-refractivity contribution in [2.75, 3.05) is 6.61 Å². The van der Waals surface area contributed by atoms with Gasteiger partial charge in [-0.3, -0.25) is 0 Å². The van der Waals surface area contributed by atoms with E-state index in [-0.39, 0.29) is 17.2 Å². The molecular weight excluding hydrogens is 248 g/mol. The molecule has 16 heavy (non-hydrogen) atoms. The molecule has 0 bridgehead atoms. The summed E-state index contributed by atoms with van der Waals surface area (Å²) in [6, 6.07) is 5.12. The zero-order chi connectivity index (χ0) is 11.7. The summed E-state index contributed by atoms with van der Waals surface area (Å²) in [5.41, 5.74) is 0. The van der Waals surface area contributed by atoms with E-state index in [0.29, 0.717) is 10.4 Å². The lowest BCUT2D eigenvalue weighted by Gasteiger charge is -1.98. The van der Waals surface area contributed by atoms with Crippen molar-refractivity contribution in [3.05, 3.63) is 28.1 Å². The molecule has 0 atom stereocenters. The number of hydrogen-bond donors (Lipinski definition) is 1. The highest BCUT2D eigenvalue weighted by molar-refractivity contribution is 7.21. The molecular formula is C11H9ClO3S. The molecule has 0 unspecified atom stereocenters. The maximum atomic E-state index is 11.5. The fraction of sp³-hybridized carbons (Fsp3) is 0.182. The van der Waals surface area contributed by atoms with Crippen LogP contribution in [0.25, 0.3) is 10.1 Å². The van der Waals surface area contributed by atoms with E-state index in [2.05, 4.69) is 0 Å². The van der Waals surface area contributed by atoms with Gasteiger partial charge >= 0.3 is 5.97 Å². The molecule has 0 radical (unpaired) electrons. The van der Waals surface area contributed by atoms with Gasteiger partial charge in [-0.2, -0.15) is 0 Å². The number of fused-ring (bicyclic) bond motifs is 1. The van der Waals surface area contributed by atoms with E-state index < -0.39 is 5.97 Å². The number of aromatic hydroxyl groups is 1. The Bertz CT molecular complexity index is 547. The molecule has 0 aliphatic rings. The molecule has 1 aromatic carbocycles. The summed E-state index contributed by atoms with van der Waals surface area (Å²) in [6.45, 7) is 2.01. The van der Waals surface area contributed by atoms with Gasteiger partial charge in [0.2, 0.25) is 0 Å². The van der Waals surface area contributed by atoms with E-state index in [9.17, 15) is 9.90 Å². The first kappa shape index (κ1) is 11.2. The third-order valence-corrected chi connectivity index (χ3v) is 3.46. The molecule has 0 fully saturated rings. The van der Waals surface area contributed by atoms with Crippen LogP contribution in [0.5, 0.6) is 5.75 Å². The highest BCUT2D eigenvalue weighted by Crippen LogP contribution is 2.38. The second-order valence-electron chi connectivity index (χ2n) is 3.14. The Hall–Kier alpha value is -1.26. The molecule has 84 valence electrons. The smallest absolute Gasteiger partial charge is 0.352 e. The minimum atomic E-state index is -0.502. The van der Waals surface area contributed by atoms with Crippen molar-refractivity contribution in [2.45, 2.75) is 6.92 Å². The quantitative estimate of drug-likeness (QED) is 0.838. The molecule has 1 aromatic heterocycles. The highest BCUT2D eigenvalue weighted by atomic mass is 35.5. The number of thiophene rings is 1. The van der Waals surface area contributed by atoms with E-state index in [4.69, 9.17) is 16.3 Å². The van der Waals surface area contributed by atoms with Gasteiger partial charge in [0.15, 0.2) is 4.88 Å². The van der Waals surface area contributed by atoms with Gasteiger partial charge in [0.1, 0.15) is 5.75 Å². The van der Waals surface area contributed by atoms with E-state index in [1.807, 2.05) is 0 Å². The lowest BCUT2D eigenvalue weighted by molar-refractivity contribution is 0.0529. The van der Waals surface area contributed by atoms with Gasteiger partial charge in [-0.15, -0.1) is 11.3 Å². The zero-order valence-corrected chi connectivity index (χ0v) is 10.1. The summed E-state index contributed by atoms with van der Waals surface area (Å²) in [7, 11) is 0. The summed E-state index contributed by atoms with van der Waals surface area (Å²) in [5.74, 6) is -0.557. The van der Waals surface area contributed by atoms with Crippen LogP contribution in [0.15, 0.2) is 18.2 Å². The normalized spacial score (nSPS) is 10.6. The number of hydrogen-bond acceptors (Lipinski definition) is 4. The predicted octanol–water partition coefficient (Wildman–Crippen LogP) is 3.44. The molecule has 5 heteroatoms. The van der Waals surface area contributed by atoms with Crippen LogP contribution < -0.4 is 0 Å². The van der Waals surface area contributed by atoms with Crippen LogP contribution in [0.1, 0.15) is 16.6 Å². The monoisotopic (exact) mass is 256 g/mol. The lowest BCUT2D eigenvalue weighted by Crippen LogP contribution is -2.01. The molecule has 2 rings (SSSR count). The number of halogens is 1. The van der Waals surface area contributed by atoms with Crippen molar-refractivity contribution < 1.29 is 14.6 Å². The molecule has 1 N–H and O–H groups in total. The van der Waals surface area contributed by atoms with Crippen molar-refractivity contribution in [2.24, 2.45) is 0 Å². The number of rotatable bonds is 2. The Morgan fingerprint density at radius 3 is 3.00 bits per heavy atom. The molecule has 0 saturated heterocycles. The molecule has 0 aliphatic carbocycles. The van der Waals surface area contributed by atoms with Crippen LogP contribution in [0, 0.1) is 0 Å². The van der Waals surface area contributed by atoms with Crippen molar-refractivity contribution in [3.8, 4) is 5.75 Å². The molecule has 3 nitrogen and oxygen atoms in total. The number of benzene rings is 1. The minimum absolute atomic E-state index is 0.0547. The van der Waals surface area contributed by atoms with Crippen LogP contribution in [0.3, 0.4) is 0 Å². The fourth-order valence-electron chi connectivity index (χ4n) is 1.39. The second kappa shape index (κ2) is 4.31. The second-order valence-corrected chi connectivity index (χ2v) is 4.63. The number of esters is 1. The maximum Gasteiger partial charge on any atom is 0.352 e. The van der Waals surface area contributed by atoms with Crippen LogP contribution in [0.2, 0.25) is 5.02 Å². The van der Waals surface area contributed by atoms with Gasteiger partial charge < -0.3 is 9.84 Å². The fourth-order valence-corrected chi connectivity index (χ4v) is 2.53. The molecule has 1 heterocycles. The van der Waals surface area contributed by atoms with Gasteiger partial charge in [-0.05, 0) is 25.1 Å². The van der Waals surface area contributed by atoms with E-state index >= 15 is 0 Å². The van der Waals surface area contributed by atoms with Gasteiger partial charge in [0.05, 0.1) is 6.61 Å². The van der Waals surface area contributed by atoms with Crippen molar-refractivity contribution >= 4 is 39.0 Å². The van der Waals surface area contributed by atoms with E-state index in [0.717, 1.165) is 4.70 Å². The Kier molecular flexibility index (Phi) is 3.03. The topological polar surface area (TPSA) is 46.5 Å². The number of carbonyl (C=O) groups excluding carboxylic acids is 1. The number of ether oxygens (including phenoxy) is 1. The highest BCUT2D eigenvalue weighted by Gasteiger charge is 2.18. The molecule has 2 aromatic rings. The zero-order valence-electron chi connectivity index (χ0n) is 8.49. The van der Waals surface area contributed by atoms with Gasteiger partial charge in [-0.25, -0.2) is 4.79 Å². The van der Waals surface area contributed by atoms with Gasteiger partial charge in [0, 0.05) is 15.1 Å². The molecule has 0 aliphatic heterocycles. The summed E-state index contributed by atoms with van der Waals surface area (Å²) in [5, 5.41) is 11.0. The Morgan fingerprint density at radius 1 is 1.56 bits per heavy atom. The average Bonchev–Trinajstić information content (AvgIpc) is 2.57. The summed E-state index contributed by atoms with van der Waals surface area (Å²) >= 11 is 7.02. The van der Waals surface area contributed by atoms with Gasteiger partial charge in [-0.1, -0.05) is 11.6 Å². The number of carbonyl (C=O) groups is 1. The Morgan fingerprint density at radius 2 is 2.31 bits per heavy atom. The maximum absolute atomic E-state index is 11.5. The van der Waals surface area contributed by atoms with Crippen LogP contribution in [-0.4, -0.2) is 17.7 Å². The average molecular weight is 257 g/mol. The van der Waals surface area contributed by atoms with Crippen LogP contribution >= 0.6 is 22.9 Å². The Balaban J connectivity index is 2.56. The third-order valence-electron chi connectivity index (χ3n) is 2.08. The van der Waals surface area contributed by atoms with Crippen LogP contribution in [0.4, 0.5) is 0 Å². The third kappa shape index (κ3) is 1.86. The molecule has 0 saturated carbocycles. The SMILES string of the molecule is CCOC(=O)c1sc2ccc(Cl)cc2c1O. The first-order valence-electron chi connectivity index (χ1n) is 4.71. The molecule has 0 amide bonds. The van der Waals surface area contributed by atoms with Crippen molar-refractivity contribution in [1.29, 1.82) is 0 Å². The van der Waals surface area contributed by atoms with E-state index in [1.165, 1.54) is 11.3 Å². The van der Waals surface area contributed by atoms with Crippen molar-refractivity contribution in [1.82, 2.24) is 0 Å². The first-order chi connectivity index (χ1) is 7.63. The summed E-state index contributed by atoms with van der Waals surface area (Å²) in [6.07, 6.45) is 0. The summed E-state index contributed by atoms with van der Waals surface area (Å²) < 4.78 is 5.66. The van der Waals surface area contributed by atoms with E-state index in [1.54, 1.807) is 25.1 Å². The molecule has 0 spiro atoms. The van der Waals surface area contributed by atoms with Crippen molar-refractivity contribution in [3.63, 3.8) is 0 Å². The first-order valence-corrected chi connectivity index (χ1v) is 5.91. The minimum Gasteiger partial charge on any atom is -0.505 e.